The number of amides is 1. The van der Waals surface area contributed by atoms with Gasteiger partial charge >= 0.3 is 0 Å². The van der Waals surface area contributed by atoms with Crippen LogP contribution >= 0.6 is 0 Å². The Kier molecular flexibility index (Phi) is 5.33. The molecule has 2 aromatic heterocycles. The topological polar surface area (TPSA) is 81.1 Å². The van der Waals surface area contributed by atoms with Gasteiger partial charge in [-0.1, -0.05) is 0 Å². The predicted octanol–water partition coefficient (Wildman–Crippen LogP) is 1.34. The lowest BCUT2D eigenvalue weighted by Gasteiger charge is -2.20. The molecule has 1 aliphatic rings. The molecular formula is C18H25N5O2. The summed E-state index contributed by atoms with van der Waals surface area (Å²) in [7, 11) is 2.00. The van der Waals surface area contributed by atoms with Crippen LogP contribution in [0.15, 0.2) is 30.9 Å². The first kappa shape index (κ1) is 17.4. The summed E-state index contributed by atoms with van der Waals surface area (Å²) in [5, 5.41) is 6.42. The third-order valence-electron chi connectivity index (χ3n) is 4.45. The Bertz CT molecular complexity index is 728. The van der Waals surface area contributed by atoms with E-state index in [1.165, 1.54) is 5.69 Å². The average molecular weight is 343 g/mol. The molecule has 134 valence electrons. The SMILES string of the molecule is CC(C)Oc1cccnc1C(=O)NC[C@@H]1CNC[C@H]1c1cncn1C. The number of carbonyl (C=O) groups is 1. The fourth-order valence-electron chi connectivity index (χ4n) is 3.24. The van der Waals surface area contributed by atoms with E-state index in [0.717, 1.165) is 13.1 Å². The van der Waals surface area contributed by atoms with Crippen molar-refractivity contribution in [1.82, 2.24) is 25.2 Å². The van der Waals surface area contributed by atoms with Crippen LogP contribution in [0, 0.1) is 5.92 Å². The third-order valence-corrected chi connectivity index (χ3v) is 4.45. The van der Waals surface area contributed by atoms with Gasteiger partial charge < -0.3 is 19.9 Å². The molecule has 0 aromatic carbocycles. The molecule has 7 nitrogen and oxygen atoms in total. The van der Waals surface area contributed by atoms with Crippen molar-refractivity contribution in [3.8, 4) is 5.75 Å². The Labute approximate surface area is 147 Å². The molecule has 0 bridgehead atoms. The Morgan fingerprint density at radius 2 is 2.32 bits per heavy atom. The lowest BCUT2D eigenvalue weighted by atomic mass is 9.93. The van der Waals surface area contributed by atoms with Gasteiger partial charge in [0.2, 0.25) is 0 Å². The number of aromatic nitrogens is 3. The van der Waals surface area contributed by atoms with Crippen LogP contribution in [0.2, 0.25) is 0 Å². The molecule has 1 amide bonds. The zero-order chi connectivity index (χ0) is 17.8. The van der Waals surface area contributed by atoms with E-state index < -0.39 is 0 Å². The van der Waals surface area contributed by atoms with E-state index in [1.54, 1.807) is 18.3 Å². The monoisotopic (exact) mass is 343 g/mol. The standard InChI is InChI=1S/C18H25N5O2/c1-12(2)25-16-5-4-6-21-17(16)18(24)22-8-13-7-19-9-14(13)15-10-20-11-23(15)3/h4-6,10-14,19H,7-9H2,1-3H3,(H,22,24)/t13-,14+/m0/s1. The molecule has 0 unspecified atom stereocenters. The summed E-state index contributed by atoms with van der Waals surface area (Å²) < 4.78 is 7.73. The minimum Gasteiger partial charge on any atom is -0.489 e. The molecule has 2 aromatic rings. The molecule has 0 saturated carbocycles. The number of hydrogen-bond acceptors (Lipinski definition) is 5. The Morgan fingerprint density at radius 1 is 1.48 bits per heavy atom. The van der Waals surface area contributed by atoms with E-state index in [-0.39, 0.29) is 12.0 Å². The maximum atomic E-state index is 12.6. The van der Waals surface area contributed by atoms with Crippen molar-refractivity contribution < 1.29 is 9.53 Å². The van der Waals surface area contributed by atoms with Crippen molar-refractivity contribution in [2.24, 2.45) is 13.0 Å². The molecule has 7 heteroatoms. The normalized spacial score (nSPS) is 20.0. The fraction of sp³-hybridized carbons (Fsp3) is 0.500. The number of aryl methyl sites for hydroxylation is 1. The van der Waals surface area contributed by atoms with Crippen LogP contribution < -0.4 is 15.4 Å². The summed E-state index contributed by atoms with van der Waals surface area (Å²) in [6, 6.07) is 3.55. The first-order valence-electron chi connectivity index (χ1n) is 8.63. The Hall–Kier alpha value is -2.41. The van der Waals surface area contributed by atoms with E-state index >= 15 is 0 Å². The molecule has 0 aliphatic carbocycles. The van der Waals surface area contributed by atoms with Gasteiger partial charge in [0.1, 0.15) is 0 Å². The number of hydrogen-bond donors (Lipinski definition) is 2. The van der Waals surface area contributed by atoms with Crippen molar-refractivity contribution in [1.29, 1.82) is 0 Å². The quantitative estimate of drug-likeness (QED) is 0.827. The van der Waals surface area contributed by atoms with Gasteiger partial charge in [0.15, 0.2) is 11.4 Å². The highest BCUT2D eigenvalue weighted by molar-refractivity contribution is 5.94. The molecule has 2 N–H and O–H groups in total. The highest BCUT2D eigenvalue weighted by Gasteiger charge is 2.30. The summed E-state index contributed by atoms with van der Waals surface area (Å²) >= 11 is 0. The minimum atomic E-state index is -0.202. The number of nitrogens with zero attached hydrogens (tertiary/aromatic N) is 3. The predicted molar refractivity (Wildman–Crippen MR) is 94.6 cm³/mol. The van der Waals surface area contributed by atoms with Crippen molar-refractivity contribution >= 4 is 5.91 Å². The summed E-state index contributed by atoms with van der Waals surface area (Å²) in [6.07, 6.45) is 5.31. The summed E-state index contributed by atoms with van der Waals surface area (Å²) in [5.41, 5.74) is 1.52. The lowest BCUT2D eigenvalue weighted by Crippen LogP contribution is -2.33. The second-order valence-corrected chi connectivity index (χ2v) is 6.68. The number of imidazole rings is 1. The van der Waals surface area contributed by atoms with E-state index in [9.17, 15) is 4.79 Å². The van der Waals surface area contributed by atoms with Gasteiger partial charge in [-0.2, -0.15) is 0 Å². The van der Waals surface area contributed by atoms with E-state index in [2.05, 4.69) is 20.6 Å². The molecular weight excluding hydrogens is 318 g/mol. The average Bonchev–Trinajstić information content (AvgIpc) is 3.20. The van der Waals surface area contributed by atoms with Crippen molar-refractivity contribution in [3.05, 3.63) is 42.2 Å². The van der Waals surface area contributed by atoms with Crippen LogP contribution in [0.4, 0.5) is 0 Å². The molecule has 0 spiro atoms. The molecule has 0 radical (unpaired) electrons. The highest BCUT2D eigenvalue weighted by Crippen LogP contribution is 2.27. The van der Waals surface area contributed by atoms with Gasteiger partial charge in [0.05, 0.1) is 12.4 Å². The van der Waals surface area contributed by atoms with E-state index in [1.807, 2.05) is 38.0 Å². The maximum absolute atomic E-state index is 12.6. The number of carbonyl (C=O) groups excluding carboxylic acids is 1. The van der Waals surface area contributed by atoms with Gasteiger partial charge in [0.25, 0.3) is 5.91 Å². The van der Waals surface area contributed by atoms with Crippen molar-refractivity contribution in [2.45, 2.75) is 25.9 Å². The van der Waals surface area contributed by atoms with E-state index in [0.29, 0.717) is 29.8 Å². The van der Waals surface area contributed by atoms with Gasteiger partial charge in [-0.15, -0.1) is 0 Å². The third kappa shape index (κ3) is 3.99. The van der Waals surface area contributed by atoms with Gasteiger partial charge in [-0.25, -0.2) is 9.97 Å². The first-order valence-corrected chi connectivity index (χ1v) is 8.63. The van der Waals surface area contributed by atoms with Gasteiger partial charge in [0, 0.05) is 50.7 Å². The summed E-state index contributed by atoms with van der Waals surface area (Å²) in [6.45, 7) is 6.20. The fourth-order valence-corrected chi connectivity index (χ4v) is 3.24. The summed E-state index contributed by atoms with van der Waals surface area (Å²) in [5.74, 6) is 0.968. The van der Waals surface area contributed by atoms with Crippen LogP contribution in [0.3, 0.4) is 0 Å². The van der Waals surface area contributed by atoms with Crippen LogP contribution in [-0.2, 0) is 7.05 Å². The number of ether oxygens (including phenoxy) is 1. The van der Waals surface area contributed by atoms with Gasteiger partial charge in [-0.05, 0) is 31.9 Å². The van der Waals surface area contributed by atoms with Crippen molar-refractivity contribution in [2.75, 3.05) is 19.6 Å². The molecule has 25 heavy (non-hydrogen) atoms. The van der Waals surface area contributed by atoms with Crippen LogP contribution in [-0.4, -0.2) is 46.2 Å². The van der Waals surface area contributed by atoms with Crippen molar-refractivity contribution in [3.63, 3.8) is 0 Å². The zero-order valence-corrected chi connectivity index (χ0v) is 14.9. The van der Waals surface area contributed by atoms with Gasteiger partial charge in [-0.3, -0.25) is 4.79 Å². The largest absolute Gasteiger partial charge is 0.489 e. The van der Waals surface area contributed by atoms with Crippen LogP contribution in [0.25, 0.3) is 0 Å². The molecule has 3 rings (SSSR count). The molecule has 3 heterocycles. The smallest absolute Gasteiger partial charge is 0.273 e. The second-order valence-electron chi connectivity index (χ2n) is 6.68. The number of rotatable bonds is 6. The van der Waals surface area contributed by atoms with Crippen LogP contribution in [0.5, 0.6) is 5.75 Å². The van der Waals surface area contributed by atoms with E-state index in [4.69, 9.17) is 4.74 Å². The molecule has 1 saturated heterocycles. The molecule has 1 aliphatic heterocycles. The summed E-state index contributed by atoms with van der Waals surface area (Å²) in [4.78, 5) is 21.0. The first-order chi connectivity index (χ1) is 12.1. The highest BCUT2D eigenvalue weighted by atomic mass is 16.5. The number of pyridine rings is 1. The lowest BCUT2D eigenvalue weighted by molar-refractivity contribution is 0.0935. The molecule has 2 atom stereocenters. The Morgan fingerprint density at radius 3 is 3.04 bits per heavy atom. The maximum Gasteiger partial charge on any atom is 0.273 e. The van der Waals surface area contributed by atoms with Crippen LogP contribution in [0.1, 0.15) is 35.9 Å². The molecule has 1 fully saturated rings. The minimum absolute atomic E-state index is 0.0102. The second kappa shape index (κ2) is 7.65. The zero-order valence-electron chi connectivity index (χ0n) is 14.9. The number of nitrogens with one attached hydrogen (secondary N) is 2. The Balaban J connectivity index is 1.65.